The molecule has 2 nitrogen and oxygen atoms in total. The van der Waals surface area contributed by atoms with Gasteiger partial charge in [0.15, 0.2) is 0 Å². The highest BCUT2D eigenvalue weighted by molar-refractivity contribution is 5.42. The molecular weight excluding hydrogens is 160 g/mol. The summed E-state index contributed by atoms with van der Waals surface area (Å²) in [6.45, 7) is 6.45. The quantitative estimate of drug-likeness (QED) is 0.773. The lowest BCUT2D eigenvalue weighted by Gasteiger charge is -2.12. The summed E-state index contributed by atoms with van der Waals surface area (Å²) < 4.78 is 0. The molecule has 0 fully saturated rings. The van der Waals surface area contributed by atoms with Crippen molar-refractivity contribution < 1.29 is 0 Å². The van der Waals surface area contributed by atoms with E-state index in [4.69, 9.17) is 5.73 Å². The minimum Gasteiger partial charge on any atom is -0.383 e. The van der Waals surface area contributed by atoms with Crippen LogP contribution >= 0.6 is 0 Å². The van der Waals surface area contributed by atoms with Crippen LogP contribution in [-0.2, 0) is 0 Å². The molecule has 0 saturated heterocycles. The Morgan fingerprint density at radius 2 is 2.23 bits per heavy atom. The fourth-order valence-electron chi connectivity index (χ4n) is 1.59. The number of nitrogens with zero attached hydrogens (tertiary/aromatic N) is 1. The SMILES string of the molecule is CCCC(C)c1cc(C)cnc1N. The highest BCUT2D eigenvalue weighted by Gasteiger charge is 2.08. The summed E-state index contributed by atoms with van der Waals surface area (Å²) in [5, 5.41) is 0. The number of anilines is 1. The lowest BCUT2D eigenvalue weighted by atomic mass is 9.96. The van der Waals surface area contributed by atoms with Crippen LogP contribution < -0.4 is 5.73 Å². The van der Waals surface area contributed by atoms with Crippen LogP contribution in [0.15, 0.2) is 12.3 Å². The van der Waals surface area contributed by atoms with Crippen LogP contribution in [0.25, 0.3) is 0 Å². The van der Waals surface area contributed by atoms with Crippen molar-refractivity contribution in [2.24, 2.45) is 0 Å². The average molecular weight is 178 g/mol. The van der Waals surface area contributed by atoms with Gasteiger partial charge in [-0.3, -0.25) is 0 Å². The van der Waals surface area contributed by atoms with Gasteiger partial charge < -0.3 is 5.73 Å². The second-order valence-corrected chi connectivity index (χ2v) is 3.68. The molecule has 0 aromatic carbocycles. The highest BCUT2D eigenvalue weighted by atomic mass is 14.8. The number of pyridine rings is 1. The van der Waals surface area contributed by atoms with E-state index in [-0.39, 0.29) is 0 Å². The van der Waals surface area contributed by atoms with Crippen LogP contribution in [0.1, 0.15) is 43.7 Å². The van der Waals surface area contributed by atoms with Gasteiger partial charge in [0.1, 0.15) is 5.82 Å². The normalized spacial score (nSPS) is 12.8. The molecule has 1 rings (SSSR count). The molecule has 1 aromatic rings. The van der Waals surface area contributed by atoms with Gasteiger partial charge >= 0.3 is 0 Å². The Labute approximate surface area is 80.2 Å². The van der Waals surface area contributed by atoms with E-state index in [1.165, 1.54) is 24.0 Å². The maximum atomic E-state index is 5.81. The number of rotatable bonds is 3. The van der Waals surface area contributed by atoms with E-state index in [1.54, 1.807) is 0 Å². The fourth-order valence-corrected chi connectivity index (χ4v) is 1.59. The van der Waals surface area contributed by atoms with E-state index in [9.17, 15) is 0 Å². The summed E-state index contributed by atoms with van der Waals surface area (Å²) in [4.78, 5) is 4.16. The third kappa shape index (κ3) is 2.44. The van der Waals surface area contributed by atoms with Gasteiger partial charge in [0.05, 0.1) is 0 Å². The summed E-state index contributed by atoms with van der Waals surface area (Å²) in [5.41, 5.74) is 8.19. The molecule has 0 bridgehead atoms. The topological polar surface area (TPSA) is 38.9 Å². The predicted octanol–water partition coefficient (Wildman–Crippen LogP) is 2.88. The fraction of sp³-hybridized carbons (Fsp3) is 0.545. The number of nitrogens with two attached hydrogens (primary N) is 1. The van der Waals surface area contributed by atoms with Gasteiger partial charge in [-0.25, -0.2) is 4.98 Å². The molecule has 0 radical (unpaired) electrons. The molecule has 0 aliphatic carbocycles. The zero-order valence-electron chi connectivity index (χ0n) is 8.67. The van der Waals surface area contributed by atoms with E-state index in [1.807, 2.05) is 6.20 Å². The number of aromatic nitrogens is 1. The summed E-state index contributed by atoms with van der Waals surface area (Å²) in [5.74, 6) is 1.21. The third-order valence-electron chi connectivity index (χ3n) is 2.34. The Morgan fingerprint density at radius 3 is 2.85 bits per heavy atom. The second kappa shape index (κ2) is 4.26. The average Bonchev–Trinajstić information content (AvgIpc) is 2.09. The molecule has 1 unspecified atom stereocenters. The standard InChI is InChI=1S/C11H18N2/c1-4-5-9(3)10-6-8(2)7-13-11(10)12/h6-7,9H,4-5H2,1-3H3,(H2,12,13). The first-order valence-electron chi connectivity index (χ1n) is 4.87. The number of hydrogen-bond acceptors (Lipinski definition) is 2. The first-order valence-corrected chi connectivity index (χ1v) is 4.87. The van der Waals surface area contributed by atoms with Gasteiger partial charge in [-0.15, -0.1) is 0 Å². The van der Waals surface area contributed by atoms with Crippen LogP contribution in [0.2, 0.25) is 0 Å². The Kier molecular flexibility index (Phi) is 3.29. The third-order valence-corrected chi connectivity index (χ3v) is 2.34. The van der Waals surface area contributed by atoms with Gasteiger partial charge in [-0.05, 0) is 30.4 Å². The van der Waals surface area contributed by atoms with Gasteiger partial charge in [0.25, 0.3) is 0 Å². The molecule has 0 amide bonds. The molecule has 0 aliphatic heterocycles. The van der Waals surface area contributed by atoms with Gasteiger partial charge in [0.2, 0.25) is 0 Å². The van der Waals surface area contributed by atoms with Crippen molar-refractivity contribution in [3.05, 3.63) is 23.4 Å². The summed E-state index contributed by atoms with van der Waals surface area (Å²) >= 11 is 0. The van der Waals surface area contributed by atoms with Crippen molar-refractivity contribution in [2.75, 3.05) is 5.73 Å². The van der Waals surface area contributed by atoms with Crippen molar-refractivity contribution in [3.8, 4) is 0 Å². The van der Waals surface area contributed by atoms with Crippen molar-refractivity contribution in [2.45, 2.75) is 39.5 Å². The van der Waals surface area contributed by atoms with Crippen LogP contribution in [0, 0.1) is 6.92 Å². The lowest BCUT2D eigenvalue weighted by molar-refractivity contribution is 0.664. The number of aryl methyl sites for hydroxylation is 1. The van der Waals surface area contributed by atoms with Gasteiger partial charge in [-0.2, -0.15) is 0 Å². The molecule has 0 spiro atoms. The van der Waals surface area contributed by atoms with Crippen LogP contribution in [0.3, 0.4) is 0 Å². The molecule has 0 aliphatic rings. The Bertz CT molecular complexity index is 281. The Balaban J connectivity index is 2.91. The van der Waals surface area contributed by atoms with E-state index in [0.29, 0.717) is 11.7 Å². The molecular formula is C11H18N2. The molecule has 1 aromatic heterocycles. The molecule has 13 heavy (non-hydrogen) atoms. The second-order valence-electron chi connectivity index (χ2n) is 3.68. The van der Waals surface area contributed by atoms with E-state index >= 15 is 0 Å². The van der Waals surface area contributed by atoms with E-state index < -0.39 is 0 Å². The Morgan fingerprint density at radius 1 is 1.54 bits per heavy atom. The monoisotopic (exact) mass is 178 g/mol. The predicted molar refractivity (Wildman–Crippen MR) is 56.7 cm³/mol. The molecule has 1 atom stereocenters. The zero-order valence-corrected chi connectivity index (χ0v) is 8.67. The van der Waals surface area contributed by atoms with Crippen molar-refractivity contribution in [1.82, 2.24) is 4.98 Å². The summed E-state index contributed by atoms with van der Waals surface area (Å²) in [7, 11) is 0. The molecule has 2 N–H and O–H groups in total. The summed E-state index contributed by atoms with van der Waals surface area (Å²) in [6, 6.07) is 2.14. The summed E-state index contributed by atoms with van der Waals surface area (Å²) in [6.07, 6.45) is 4.18. The minimum atomic E-state index is 0.525. The highest BCUT2D eigenvalue weighted by Crippen LogP contribution is 2.24. The van der Waals surface area contributed by atoms with Crippen molar-refractivity contribution in [1.29, 1.82) is 0 Å². The smallest absolute Gasteiger partial charge is 0.126 e. The first-order chi connectivity index (χ1) is 6.15. The molecule has 2 heteroatoms. The van der Waals surface area contributed by atoms with Crippen LogP contribution in [0.4, 0.5) is 5.82 Å². The Hall–Kier alpha value is -1.05. The van der Waals surface area contributed by atoms with Crippen molar-refractivity contribution >= 4 is 5.82 Å². The largest absolute Gasteiger partial charge is 0.383 e. The molecule has 0 saturated carbocycles. The lowest BCUT2D eigenvalue weighted by Crippen LogP contribution is -2.02. The minimum absolute atomic E-state index is 0.525. The molecule has 1 heterocycles. The number of hydrogen-bond donors (Lipinski definition) is 1. The molecule has 72 valence electrons. The van der Waals surface area contributed by atoms with E-state index in [0.717, 1.165) is 0 Å². The first kappa shape index (κ1) is 10.0. The maximum Gasteiger partial charge on any atom is 0.126 e. The van der Waals surface area contributed by atoms with Gasteiger partial charge in [-0.1, -0.05) is 26.3 Å². The van der Waals surface area contributed by atoms with Gasteiger partial charge in [0, 0.05) is 6.20 Å². The zero-order chi connectivity index (χ0) is 9.84. The van der Waals surface area contributed by atoms with E-state index in [2.05, 4.69) is 31.8 Å². The number of nitrogen functional groups attached to an aromatic ring is 1. The van der Waals surface area contributed by atoms with Crippen molar-refractivity contribution in [3.63, 3.8) is 0 Å². The maximum absolute atomic E-state index is 5.81. The van der Waals surface area contributed by atoms with Crippen LogP contribution in [-0.4, -0.2) is 4.98 Å². The van der Waals surface area contributed by atoms with Crippen LogP contribution in [0.5, 0.6) is 0 Å².